The monoisotopic (exact) mass is 412 g/mol. The summed E-state index contributed by atoms with van der Waals surface area (Å²) in [5.41, 5.74) is 1.35. The van der Waals surface area contributed by atoms with Crippen LogP contribution in [0.2, 0.25) is 0 Å². The number of anilines is 1. The van der Waals surface area contributed by atoms with Gasteiger partial charge < -0.3 is 9.64 Å². The Labute approximate surface area is 178 Å². The number of imide groups is 1. The van der Waals surface area contributed by atoms with Crippen LogP contribution in [0.5, 0.6) is 0 Å². The molecule has 2 aliphatic heterocycles. The third kappa shape index (κ3) is 3.25. The standard InChI is InChI=1S/C24H32N2O4/c1-15-8-10-16(11-9-15)26-19(27)13-18(21(26)28)25(14-17-7-6-12-30-17)22(29)20-23(2,3)24(20,4)5/h8-11,17-18,20H,6-7,12-14H2,1-5H3. The summed E-state index contributed by atoms with van der Waals surface area (Å²) in [6.45, 7) is 11.4. The molecule has 0 spiro atoms. The molecule has 2 saturated heterocycles. The van der Waals surface area contributed by atoms with Crippen molar-refractivity contribution in [2.45, 2.75) is 66.0 Å². The molecule has 1 saturated carbocycles. The zero-order valence-electron chi connectivity index (χ0n) is 18.6. The van der Waals surface area contributed by atoms with E-state index in [4.69, 9.17) is 4.74 Å². The molecule has 0 N–H and O–H groups in total. The molecule has 2 unspecified atom stereocenters. The second-order valence-electron chi connectivity index (χ2n) is 10.1. The SMILES string of the molecule is Cc1ccc(N2C(=O)CC(N(CC3CCCO3)C(=O)C3C(C)(C)C3(C)C)C2=O)cc1. The average molecular weight is 413 g/mol. The molecule has 6 nitrogen and oxygen atoms in total. The maximum atomic E-state index is 13.6. The predicted octanol–water partition coefficient (Wildman–Crippen LogP) is 3.32. The lowest BCUT2D eigenvalue weighted by Crippen LogP contribution is -2.49. The van der Waals surface area contributed by atoms with Gasteiger partial charge in [0.15, 0.2) is 0 Å². The second-order valence-corrected chi connectivity index (χ2v) is 10.1. The van der Waals surface area contributed by atoms with Gasteiger partial charge in [0.25, 0.3) is 5.91 Å². The number of carbonyl (C=O) groups is 3. The highest BCUT2D eigenvalue weighted by Crippen LogP contribution is 2.69. The Morgan fingerprint density at radius 3 is 2.30 bits per heavy atom. The number of nitrogens with zero attached hydrogens (tertiary/aromatic N) is 2. The summed E-state index contributed by atoms with van der Waals surface area (Å²) in [5, 5.41) is 0. The molecule has 4 rings (SSSR count). The van der Waals surface area contributed by atoms with Crippen molar-refractivity contribution in [1.82, 2.24) is 4.90 Å². The number of aryl methyl sites for hydroxylation is 1. The highest BCUT2D eigenvalue weighted by atomic mass is 16.5. The molecule has 0 radical (unpaired) electrons. The van der Waals surface area contributed by atoms with Gasteiger partial charge in [-0.15, -0.1) is 0 Å². The third-order valence-corrected chi connectivity index (χ3v) is 7.77. The Bertz CT molecular complexity index is 854. The van der Waals surface area contributed by atoms with E-state index in [1.165, 1.54) is 4.90 Å². The summed E-state index contributed by atoms with van der Waals surface area (Å²) in [5.74, 6) is -0.764. The molecule has 1 aromatic rings. The largest absolute Gasteiger partial charge is 0.376 e. The topological polar surface area (TPSA) is 66.9 Å². The van der Waals surface area contributed by atoms with Gasteiger partial charge in [0, 0.05) is 19.1 Å². The number of ether oxygens (including phenoxy) is 1. The molecule has 2 atom stereocenters. The van der Waals surface area contributed by atoms with Gasteiger partial charge in [-0.3, -0.25) is 14.4 Å². The van der Waals surface area contributed by atoms with Crippen molar-refractivity contribution in [3.63, 3.8) is 0 Å². The molecule has 162 valence electrons. The lowest BCUT2D eigenvalue weighted by molar-refractivity contribution is -0.142. The molecule has 6 heteroatoms. The second kappa shape index (κ2) is 7.19. The maximum absolute atomic E-state index is 13.6. The molecule has 3 aliphatic rings. The van der Waals surface area contributed by atoms with Crippen LogP contribution in [-0.4, -0.2) is 47.9 Å². The molecule has 1 aromatic carbocycles. The molecule has 3 amide bonds. The minimum atomic E-state index is -0.761. The molecular weight excluding hydrogens is 380 g/mol. The number of hydrogen-bond donors (Lipinski definition) is 0. The number of hydrogen-bond acceptors (Lipinski definition) is 4. The van der Waals surface area contributed by atoms with Gasteiger partial charge in [0.1, 0.15) is 6.04 Å². The van der Waals surface area contributed by atoms with Gasteiger partial charge in [0.05, 0.1) is 18.2 Å². The summed E-state index contributed by atoms with van der Waals surface area (Å²) in [4.78, 5) is 42.7. The van der Waals surface area contributed by atoms with Crippen LogP contribution in [0.1, 0.15) is 52.5 Å². The lowest BCUT2D eigenvalue weighted by Gasteiger charge is -2.30. The van der Waals surface area contributed by atoms with Crippen LogP contribution < -0.4 is 4.90 Å². The van der Waals surface area contributed by atoms with E-state index in [1.807, 2.05) is 19.1 Å². The van der Waals surface area contributed by atoms with Crippen molar-refractivity contribution < 1.29 is 19.1 Å². The smallest absolute Gasteiger partial charge is 0.257 e. The van der Waals surface area contributed by atoms with Gasteiger partial charge in [-0.1, -0.05) is 45.4 Å². The molecular formula is C24H32N2O4. The Kier molecular flexibility index (Phi) is 5.04. The van der Waals surface area contributed by atoms with Crippen LogP contribution in [0.3, 0.4) is 0 Å². The van der Waals surface area contributed by atoms with Gasteiger partial charge >= 0.3 is 0 Å². The minimum absolute atomic E-state index is 0.0265. The molecule has 30 heavy (non-hydrogen) atoms. The normalized spacial score (nSPS) is 27.6. The van der Waals surface area contributed by atoms with Crippen LogP contribution in [0, 0.1) is 23.7 Å². The first kappa shape index (κ1) is 21.0. The van der Waals surface area contributed by atoms with Gasteiger partial charge in [-0.05, 0) is 42.7 Å². The van der Waals surface area contributed by atoms with E-state index < -0.39 is 6.04 Å². The number of benzene rings is 1. The molecule has 1 aliphatic carbocycles. The number of amides is 3. The van der Waals surface area contributed by atoms with Crippen LogP contribution >= 0.6 is 0 Å². The fraction of sp³-hybridized carbons (Fsp3) is 0.625. The summed E-state index contributed by atoms with van der Waals surface area (Å²) in [7, 11) is 0. The van der Waals surface area contributed by atoms with E-state index in [2.05, 4.69) is 27.7 Å². The Morgan fingerprint density at radius 1 is 1.13 bits per heavy atom. The third-order valence-electron chi connectivity index (χ3n) is 7.77. The zero-order chi connectivity index (χ0) is 21.8. The van der Waals surface area contributed by atoms with E-state index >= 15 is 0 Å². The van der Waals surface area contributed by atoms with Crippen LogP contribution in [-0.2, 0) is 19.1 Å². The van der Waals surface area contributed by atoms with E-state index in [0.717, 1.165) is 18.4 Å². The number of rotatable bonds is 5. The molecule has 2 heterocycles. The van der Waals surface area contributed by atoms with Crippen molar-refractivity contribution in [2.75, 3.05) is 18.1 Å². The molecule has 3 fully saturated rings. The van der Waals surface area contributed by atoms with Gasteiger partial charge in [-0.25, -0.2) is 4.90 Å². The quantitative estimate of drug-likeness (QED) is 0.696. The Balaban J connectivity index is 1.62. The first-order valence-corrected chi connectivity index (χ1v) is 10.9. The number of carbonyl (C=O) groups excluding carboxylic acids is 3. The summed E-state index contributed by atoms with van der Waals surface area (Å²) < 4.78 is 5.78. The van der Waals surface area contributed by atoms with E-state index in [1.54, 1.807) is 17.0 Å². The van der Waals surface area contributed by atoms with Crippen molar-refractivity contribution in [1.29, 1.82) is 0 Å². The highest BCUT2D eigenvalue weighted by Gasteiger charge is 2.69. The maximum Gasteiger partial charge on any atom is 0.257 e. The Morgan fingerprint density at radius 2 is 1.77 bits per heavy atom. The van der Waals surface area contributed by atoms with Crippen LogP contribution in [0.4, 0.5) is 5.69 Å². The summed E-state index contributed by atoms with van der Waals surface area (Å²) in [6, 6.07) is 6.57. The van der Waals surface area contributed by atoms with Crippen molar-refractivity contribution >= 4 is 23.4 Å². The van der Waals surface area contributed by atoms with E-state index in [0.29, 0.717) is 18.8 Å². The van der Waals surface area contributed by atoms with Crippen molar-refractivity contribution in [3.05, 3.63) is 29.8 Å². The predicted molar refractivity (Wildman–Crippen MR) is 114 cm³/mol. The lowest BCUT2D eigenvalue weighted by atomic mass is 10.0. The van der Waals surface area contributed by atoms with Gasteiger partial charge in [0.2, 0.25) is 11.8 Å². The summed E-state index contributed by atoms with van der Waals surface area (Å²) in [6.07, 6.45) is 1.78. The zero-order valence-corrected chi connectivity index (χ0v) is 18.6. The van der Waals surface area contributed by atoms with Crippen LogP contribution in [0.15, 0.2) is 24.3 Å². The van der Waals surface area contributed by atoms with Crippen molar-refractivity contribution in [3.8, 4) is 0 Å². The molecule has 0 aromatic heterocycles. The van der Waals surface area contributed by atoms with Gasteiger partial charge in [-0.2, -0.15) is 0 Å². The molecule has 0 bridgehead atoms. The van der Waals surface area contributed by atoms with Crippen molar-refractivity contribution in [2.24, 2.45) is 16.7 Å². The first-order valence-electron chi connectivity index (χ1n) is 10.9. The van der Waals surface area contributed by atoms with Crippen LogP contribution in [0.25, 0.3) is 0 Å². The fourth-order valence-electron chi connectivity index (χ4n) is 5.18. The van der Waals surface area contributed by atoms with E-state index in [-0.39, 0.29) is 47.0 Å². The highest BCUT2D eigenvalue weighted by molar-refractivity contribution is 6.23. The average Bonchev–Trinajstić information content (AvgIpc) is 3.10. The summed E-state index contributed by atoms with van der Waals surface area (Å²) >= 11 is 0. The Hall–Kier alpha value is -2.21. The van der Waals surface area contributed by atoms with E-state index in [9.17, 15) is 14.4 Å². The minimum Gasteiger partial charge on any atom is -0.376 e. The first-order chi connectivity index (χ1) is 14.1. The fourth-order valence-corrected chi connectivity index (χ4v) is 5.18.